The van der Waals surface area contributed by atoms with Crippen molar-refractivity contribution < 1.29 is 19.4 Å². The normalized spacial score (nSPS) is 12.2. The minimum atomic E-state index is -0.988. The van der Waals surface area contributed by atoms with E-state index in [0.29, 0.717) is 18.4 Å². The zero-order chi connectivity index (χ0) is 14.8. The van der Waals surface area contributed by atoms with Crippen molar-refractivity contribution in [1.82, 2.24) is 0 Å². The second kappa shape index (κ2) is 8.91. The molecule has 1 atom stereocenters. The first kappa shape index (κ1) is 16.0. The predicted octanol–water partition coefficient (Wildman–Crippen LogP) is 3.14. The summed E-state index contributed by atoms with van der Waals surface area (Å²) in [7, 11) is 0. The highest BCUT2D eigenvalue weighted by molar-refractivity contribution is 5.77. The van der Waals surface area contributed by atoms with Gasteiger partial charge in [0.25, 0.3) is 0 Å². The summed E-state index contributed by atoms with van der Waals surface area (Å²) in [6.07, 6.45) is 5.77. The number of rotatable bonds is 8. The molecule has 0 aliphatic rings. The van der Waals surface area contributed by atoms with Crippen molar-refractivity contribution in [3.05, 3.63) is 48.0 Å². The molecule has 1 aromatic rings. The van der Waals surface area contributed by atoms with Gasteiger partial charge in [-0.3, -0.25) is 9.59 Å². The molecule has 1 rings (SSSR count). The minimum absolute atomic E-state index is 0.123. The van der Waals surface area contributed by atoms with E-state index in [1.165, 1.54) is 0 Å². The van der Waals surface area contributed by atoms with Crippen molar-refractivity contribution >= 4 is 11.9 Å². The highest BCUT2D eigenvalue weighted by atomic mass is 16.5. The van der Waals surface area contributed by atoms with Crippen LogP contribution in [0.1, 0.15) is 37.7 Å². The number of ether oxygens (including phenoxy) is 1. The first-order chi connectivity index (χ1) is 9.65. The summed E-state index contributed by atoms with van der Waals surface area (Å²) >= 11 is 0. The Hall–Kier alpha value is -2.10. The number of carboxylic acid groups (broad SMARTS) is 1. The number of allylic oxidation sites excluding steroid dienone is 2. The number of benzene rings is 1. The third-order valence-corrected chi connectivity index (χ3v) is 2.90. The number of hydrogen-bond donors (Lipinski definition) is 1. The Morgan fingerprint density at radius 2 is 2.00 bits per heavy atom. The first-order valence-electron chi connectivity index (χ1n) is 6.69. The fraction of sp³-hybridized carbons (Fsp3) is 0.375. The summed E-state index contributed by atoms with van der Waals surface area (Å²) in [5.74, 6) is -2.15. The lowest BCUT2D eigenvalue weighted by Crippen LogP contribution is -2.20. The number of hydrogen-bond acceptors (Lipinski definition) is 3. The van der Waals surface area contributed by atoms with Gasteiger partial charge in [0.05, 0.1) is 0 Å². The Morgan fingerprint density at radius 3 is 2.60 bits per heavy atom. The van der Waals surface area contributed by atoms with E-state index in [4.69, 9.17) is 4.74 Å². The molecule has 0 spiro atoms. The molecule has 20 heavy (non-hydrogen) atoms. The van der Waals surface area contributed by atoms with Crippen LogP contribution in [0.4, 0.5) is 0 Å². The summed E-state index contributed by atoms with van der Waals surface area (Å²) < 4.78 is 5.06. The Bertz CT molecular complexity index is 451. The lowest BCUT2D eigenvalue weighted by molar-refractivity contribution is -0.148. The molecule has 4 heteroatoms. The van der Waals surface area contributed by atoms with Gasteiger partial charge < -0.3 is 9.84 Å². The average molecular weight is 276 g/mol. The summed E-state index contributed by atoms with van der Waals surface area (Å²) in [6.45, 7) is 1.80. The molecule has 4 nitrogen and oxygen atoms in total. The summed E-state index contributed by atoms with van der Waals surface area (Å²) in [4.78, 5) is 22.7. The molecule has 0 amide bonds. The Balaban J connectivity index is 2.44. The highest BCUT2D eigenvalue weighted by Crippen LogP contribution is 2.16. The minimum Gasteiger partial charge on any atom is -0.481 e. The molecule has 0 heterocycles. The zero-order valence-corrected chi connectivity index (χ0v) is 11.6. The van der Waals surface area contributed by atoms with Crippen LogP contribution in [-0.2, 0) is 14.3 Å². The van der Waals surface area contributed by atoms with E-state index < -0.39 is 11.9 Å². The van der Waals surface area contributed by atoms with Gasteiger partial charge in [-0.25, -0.2) is 0 Å². The SMILES string of the molecule is C/C=C\CCCC(=O)OCC(C(=O)O)c1ccccc1. The number of esters is 1. The van der Waals surface area contributed by atoms with Gasteiger partial charge in [0.2, 0.25) is 0 Å². The van der Waals surface area contributed by atoms with E-state index in [1.807, 2.05) is 25.1 Å². The Kier molecular flexibility index (Phi) is 7.11. The van der Waals surface area contributed by atoms with E-state index in [0.717, 1.165) is 6.42 Å². The lowest BCUT2D eigenvalue weighted by atomic mass is 10.0. The standard InChI is InChI=1S/C16H20O4/c1-2-3-4-8-11-15(17)20-12-14(16(18)19)13-9-6-5-7-10-13/h2-3,5-7,9-10,14H,4,8,11-12H2,1H3,(H,18,19)/b3-2-. The van der Waals surface area contributed by atoms with Crippen molar-refractivity contribution in [1.29, 1.82) is 0 Å². The number of aliphatic carboxylic acids is 1. The third-order valence-electron chi connectivity index (χ3n) is 2.90. The second-order valence-corrected chi connectivity index (χ2v) is 4.45. The molecule has 0 saturated heterocycles. The van der Waals surface area contributed by atoms with Crippen LogP contribution in [0.3, 0.4) is 0 Å². The van der Waals surface area contributed by atoms with Crippen molar-refractivity contribution in [3.8, 4) is 0 Å². The van der Waals surface area contributed by atoms with Crippen LogP contribution >= 0.6 is 0 Å². The van der Waals surface area contributed by atoms with E-state index in [9.17, 15) is 14.7 Å². The lowest BCUT2D eigenvalue weighted by Gasteiger charge is -2.13. The molecule has 1 N–H and O–H groups in total. The van der Waals surface area contributed by atoms with Crippen molar-refractivity contribution in [2.24, 2.45) is 0 Å². The van der Waals surface area contributed by atoms with Crippen LogP contribution in [0.2, 0.25) is 0 Å². The molecular weight excluding hydrogens is 256 g/mol. The molecule has 0 radical (unpaired) electrons. The molecular formula is C16H20O4. The zero-order valence-electron chi connectivity index (χ0n) is 11.6. The molecule has 0 fully saturated rings. The monoisotopic (exact) mass is 276 g/mol. The Labute approximate surface area is 119 Å². The van der Waals surface area contributed by atoms with Gasteiger partial charge in [0.1, 0.15) is 12.5 Å². The van der Waals surface area contributed by atoms with Gasteiger partial charge >= 0.3 is 11.9 Å². The maximum atomic E-state index is 11.5. The summed E-state index contributed by atoms with van der Waals surface area (Å²) in [6, 6.07) is 8.79. The topological polar surface area (TPSA) is 63.6 Å². The van der Waals surface area contributed by atoms with Crippen LogP contribution in [0, 0.1) is 0 Å². The molecule has 0 aliphatic heterocycles. The van der Waals surface area contributed by atoms with Crippen LogP contribution in [0.15, 0.2) is 42.5 Å². The number of unbranched alkanes of at least 4 members (excludes halogenated alkanes) is 1. The van der Waals surface area contributed by atoms with Crippen LogP contribution in [-0.4, -0.2) is 23.7 Å². The van der Waals surface area contributed by atoms with Gasteiger partial charge in [-0.1, -0.05) is 42.5 Å². The second-order valence-electron chi connectivity index (χ2n) is 4.45. The molecule has 1 unspecified atom stereocenters. The van der Waals surface area contributed by atoms with Crippen LogP contribution < -0.4 is 0 Å². The molecule has 0 saturated carbocycles. The van der Waals surface area contributed by atoms with E-state index in [-0.39, 0.29) is 12.6 Å². The maximum Gasteiger partial charge on any atom is 0.314 e. The number of carbonyl (C=O) groups excluding carboxylic acids is 1. The van der Waals surface area contributed by atoms with Crippen molar-refractivity contribution in [2.45, 2.75) is 32.1 Å². The molecule has 0 aromatic heterocycles. The van der Waals surface area contributed by atoms with Gasteiger partial charge in [-0.15, -0.1) is 0 Å². The Morgan fingerprint density at radius 1 is 1.30 bits per heavy atom. The van der Waals surface area contributed by atoms with Gasteiger partial charge in [0.15, 0.2) is 0 Å². The third kappa shape index (κ3) is 5.69. The number of carboxylic acids is 1. The van der Waals surface area contributed by atoms with Crippen molar-refractivity contribution in [3.63, 3.8) is 0 Å². The summed E-state index contributed by atoms with van der Waals surface area (Å²) in [5, 5.41) is 9.19. The quantitative estimate of drug-likeness (QED) is 0.450. The summed E-state index contributed by atoms with van der Waals surface area (Å²) in [5.41, 5.74) is 0.640. The van der Waals surface area contributed by atoms with Gasteiger partial charge in [-0.05, 0) is 25.3 Å². The van der Waals surface area contributed by atoms with E-state index in [1.54, 1.807) is 24.3 Å². The smallest absolute Gasteiger partial charge is 0.314 e. The fourth-order valence-corrected chi connectivity index (χ4v) is 1.77. The average Bonchev–Trinajstić information content (AvgIpc) is 2.44. The molecule has 0 bridgehead atoms. The van der Waals surface area contributed by atoms with Crippen molar-refractivity contribution in [2.75, 3.05) is 6.61 Å². The van der Waals surface area contributed by atoms with E-state index >= 15 is 0 Å². The first-order valence-corrected chi connectivity index (χ1v) is 6.69. The number of carbonyl (C=O) groups is 2. The van der Waals surface area contributed by atoms with E-state index in [2.05, 4.69) is 0 Å². The maximum absolute atomic E-state index is 11.5. The molecule has 0 aliphatic carbocycles. The fourth-order valence-electron chi connectivity index (χ4n) is 1.77. The largest absolute Gasteiger partial charge is 0.481 e. The molecule has 108 valence electrons. The molecule has 1 aromatic carbocycles. The van der Waals surface area contributed by atoms with Gasteiger partial charge in [-0.2, -0.15) is 0 Å². The predicted molar refractivity (Wildman–Crippen MR) is 76.4 cm³/mol. The van der Waals surface area contributed by atoms with Gasteiger partial charge in [0, 0.05) is 6.42 Å². The van der Waals surface area contributed by atoms with Crippen LogP contribution in [0.25, 0.3) is 0 Å². The highest BCUT2D eigenvalue weighted by Gasteiger charge is 2.21. The van der Waals surface area contributed by atoms with Crippen LogP contribution in [0.5, 0.6) is 0 Å².